The van der Waals surface area contributed by atoms with Crippen molar-refractivity contribution in [3.8, 4) is 6.07 Å². The normalized spacial score (nSPS) is 20.5. The van der Waals surface area contributed by atoms with E-state index in [9.17, 15) is 4.79 Å². The maximum atomic E-state index is 11.4. The first kappa shape index (κ1) is 11.3. The van der Waals surface area contributed by atoms with Crippen molar-refractivity contribution in [3.63, 3.8) is 0 Å². The van der Waals surface area contributed by atoms with Gasteiger partial charge in [0.05, 0.1) is 25.5 Å². The molecule has 0 amide bonds. The Morgan fingerprint density at radius 3 is 3.31 bits per heavy atom. The van der Waals surface area contributed by atoms with Gasteiger partial charge >= 0.3 is 0 Å². The molecule has 0 radical (unpaired) electrons. The molecular formula is C9H9IN4O2. The summed E-state index contributed by atoms with van der Waals surface area (Å²) in [6.45, 7) is 1.57. The van der Waals surface area contributed by atoms with Crippen LogP contribution in [0.1, 0.15) is 0 Å². The van der Waals surface area contributed by atoms with Crippen molar-refractivity contribution in [1.29, 1.82) is 5.26 Å². The molecule has 6 nitrogen and oxygen atoms in total. The van der Waals surface area contributed by atoms with Gasteiger partial charge in [-0.1, -0.05) is 0 Å². The van der Waals surface area contributed by atoms with Crippen LogP contribution in [0.2, 0.25) is 0 Å². The van der Waals surface area contributed by atoms with Crippen molar-refractivity contribution in [3.05, 3.63) is 20.3 Å². The molecular weight excluding hydrogens is 323 g/mol. The third-order valence-electron chi connectivity index (χ3n) is 2.29. The number of H-pyrrole nitrogens is 1. The summed E-state index contributed by atoms with van der Waals surface area (Å²) in [6, 6.07) is 2.06. The van der Waals surface area contributed by atoms with Gasteiger partial charge < -0.3 is 14.6 Å². The van der Waals surface area contributed by atoms with Gasteiger partial charge in [-0.3, -0.25) is 4.79 Å². The zero-order valence-corrected chi connectivity index (χ0v) is 10.5. The summed E-state index contributed by atoms with van der Waals surface area (Å²) in [5, 5.41) is 8.79. The van der Waals surface area contributed by atoms with E-state index in [0.717, 1.165) is 0 Å². The Balaban J connectivity index is 2.27. The lowest BCUT2D eigenvalue weighted by molar-refractivity contribution is 0.0760. The van der Waals surface area contributed by atoms with Gasteiger partial charge in [0, 0.05) is 6.54 Å². The van der Waals surface area contributed by atoms with Crippen molar-refractivity contribution in [2.24, 2.45) is 0 Å². The zero-order chi connectivity index (χ0) is 11.5. The van der Waals surface area contributed by atoms with Gasteiger partial charge in [0.1, 0.15) is 9.39 Å². The first-order chi connectivity index (χ1) is 7.72. The highest BCUT2D eigenvalue weighted by Crippen LogP contribution is 2.18. The number of aromatic nitrogens is 2. The van der Waals surface area contributed by atoms with E-state index >= 15 is 0 Å². The fourth-order valence-electron chi connectivity index (χ4n) is 1.51. The molecule has 1 aliphatic heterocycles. The number of hydrogen-bond acceptors (Lipinski definition) is 5. The minimum absolute atomic E-state index is 0.161. The van der Waals surface area contributed by atoms with Crippen LogP contribution < -0.4 is 10.5 Å². The van der Waals surface area contributed by atoms with E-state index in [2.05, 4.69) is 16.0 Å². The topological polar surface area (TPSA) is 82.0 Å². The number of anilines is 1. The molecule has 0 spiro atoms. The van der Waals surface area contributed by atoms with Crippen LogP contribution in [0.25, 0.3) is 0 Å². The summed E-state index contributed by atoms with van der Waals surface area (Å²) < 4.78 is 5.77. The number of halogens is 1. The molecule has 1 saturated heterocycles. The quantitative estimate of drug-likeness (QED) is 0.738. The Morgan fingerprint density at radius 1 is 1.75 bits per heavy atom. The predicted octanol–water partition coefficient (Wildman–Crippen LogP) is 0.103. The van der Waals surface area contributed by atoms with E-state index in [0.29, 0.717) is 29.1 Å². The van der Waals surface area contributed by atoms with Crippen LogP contribution in [0.5, 0.6) is 0 Å². The van der Waals surface area contributed by atoms with E-state index in [1.807, 2.05) is 27.5 Å². The molecule has 1 fully saturated rings. The number of morpholine rings is 1. The number of aromatic amines is 1. The second kappa shape index (κ2) is 4.80. The van der Waals surface area contributed by atoms with Crippen LogP contribution in [0.4, 0.5) is 5.82 Å². The van der Waals surface area contributed by atoms with E-state index in [-0.39, 0.29) is 5.56 Å². The van der Waals surface area contributed by atoms with Crippen molar-refractivity contribution < 1.29 is 4.74 Å². The molecule has 7 heteroatoms. The monoisotopic (exact) mass is 332 g/mol. The SMILES string of the molecule is N#CC1CN(c2nc[nH]c(=O)c2I)CCO1. The summed E-state index contributed by atoms with van der Waals surface area (Å²) in [4.78, 5) is 19.9. The molecule has 1 N–H and O–H groups in total. The van der Waals surface area contributed by atoms with E-state index in [1.54, 1.807) is 0 Å². The number of nitrogens with one attached hydrogen (secondary N) is 1. The van der Waals surface area contributed by atoms with Crippen LogP contribution in [0, 0.1) is 14.9 Å². The van der Waals surface area contributed by atoms with Crippen LogP contribution in [0.3, 0.4) is 0 Å². The molecule has 1 unspecified atom stereocenters. The van der Waals surface area contributed by atoms with Gasteiger partial charge in [0.2, 0.25) is 0 Å². The summed E-state index contributed by atoms with van der Waals surface area (Å²) >= 11 is 1.95. The molecule has 0 bridgehead atoms. The second-order valence-electron chi connectivity index (χ2n) is 3.30. The number of rotatable bonds is 1. The smallest absolute Gasteiger partial charge is 0.266 e. The van der Waals surface area contributed by atoms with Crippen LogP contribution >= 0.6 is 22.6 Å². The van der Waals surface area contributed by atoms with Crippen LogP contribution in [0.15, 0.2) is 11.1 Å². The van der Waals surface area contributed by atoms with Gasteiger partial charge in [-0.25, -0.2) is 4.98 Å². The lowest BCUT2D eigenvalue weighted by Crippen LogP contribution is -2.43. The van der Waals surface area contributed by atoms with Crippen molar-refractivity contribution >= 4 is 28.4 Å². The Kier molecular flexibility index (Phi) is 3.40. The average molecular weight is 332 g/mol. The number of hydrogen-bond donors (Lipinski definition) is 1. The fourth-order valence-corrected chi connectivity index (χ4v) is 2.15. The van der Waals surface area contributed by atoms with Gasteiger partial charge in [-0.2, -0.15) is 5.26 Å². The van der Waals surface area contributed by atoms with Gasteiger partial charge in [-0.15, -0.1) is 0 Å². The second-order valence-corrected chi connectivity index (χ2v) is 4.38. The third-order valence-corrected chi connectivity index (χ3v) is 3.26. The molecule has 1 atom stereocenters. The molecule has 1 aliphatic rings. The maximum Gasteiger partial charge on any atom is 0.266 e. The highest BCUT2D eigenvalue weighted by molar-refractivity contribution is 14.1. The minimum Gasteiger partial charge on any atom is -0.360 e. The Hall–Kier alpha value is -1.14. The molecule has 1 aromatic rings. The lowest BCUT2D eigenvalue weighted by atomic mass is 10.3. The Labute approximate surface area is 105 Å². The third kappa shape index (κ3) is 2.17. The standard InChI is InChI=1S/C9H9IN4O2/c10-7-8(12-5-13-9(7)15)14-1-2-16-6(3-11)4-14/h5-6H,1-2,4H2,(H,12,13,15). The van der Waals surface area contributed by atoms with Gasteiger partial charge in [-0.05, 0) is 22.6 Å². The first-order valence-corrected chi connectivity index (χ1v) is 5.79. The van der Waals surface area contributed by atoms with E-state index < -0.39 is 6.10 Å². The maximum absolute atomic E-state index is 11.4. The molecule has 0 saturated carbocycles. The molecule has 84 valence electrons. The Morgan fingerprint density at radius 2 is 2.56 bits per heavy atom. The van der Waals surface area contributed by atoms with E-state index in [1.165, 1.54) is 6.33 Å². The molecule has 0 aliphatic carbocycles. The predicted molar refractivity (Wildman–Crippen MR) is 65.1 cm³/mol. The molecule has 16 heavy (non-hydrogen) atoms. The summed E-state index contributed by atoms with van der Waals surface area (Å²) in [5.41, 5.74) is -0.161. The number of nitriles is 1. The first-order valence-electron chi connectivity index (χ1n) is 4.71. The Bertz CT molecular complexity index is 481. The lowest BCUT2D eigenvalue weighted by Gasteiger charge is -2.30. The minimum atomic E-state index is -0.453. The van der Waals surface area contributed by atoms with E-state index in [4.69, 9.17) is 10.00 Å². The van der Waals surface area contributed by atoms with Crippen molar-refractivity contribution in [1.82, 2.24) is 9.97 Å². The molecule has 2 rings (SSSR count). The van der Waals surface area contributed by atoms with Crippen molar-refractivity contribution in [2.75, 3.05) is 24.6 Å². The van der Waals surface area contributed by atoms with Gasteiger partial charge in [0.25, 0.3) is 5.56 Å². The highest BCUT2D eigenvalue weighted by Gasteiger charge is 2.23. The van der Waals surface area contributed by atoms with Crippen molar-refractivity contribution in [2.45, 2.75) is 6.10 Å². The fraction of sp³-hybridized carbons (Fsp3) is 0.444. The number of nitrogens with zero attached hydrogens (tertiary/aromatic N) is 3. The highest BCUT2D eigenvalue weighted by atomic mass is 127. The summed E-state index contributed by atoms with van der Waals surface area (Å²) in [5.74, 6) is 0.618. The molecule has 2 heterocycles. The summed E-state index contributed by atoms with van der Waals surface area (Å²) in [7, 11) is 0. The average Bonchev–Trinajstić information content (AvgIpc) is 2.33. The van der Waals surface area contributed by atoms with Crippen LogP contribution in [-0.2, 0) is 4.74 Å². The van der Waals surface area contributed by atoms with Gasteiger partial charge in [0.15, 0.2) is 6.10 Å². The van der Waals surface area contributed by atoms with Crippen LogP contribution in [-0.4, -0.2) is 35.8 Å². The molecule has 0 aromatic carbocycles. The zero-order valence-electron chi connectivity index (χ0n) is 8.31. The number of ether oxygens (including phenoxy) is 1. The molecule has 1 aromatic heterocycles. The summed E-state index contributed by atoms with van der Waals surface area (Å²) in [6.07, 6.45) is 0.919. The largest absolute Gasteiger partial charge is 0.360 e.